The van der Waals surface area contributed by atoms with Crippen LogP contribution < -0.4 is 5.32 Å². The standard InChI is InChI=1S/C16H12ClNO3/c17-12-7-4-8-13(15(12)16(20)21)18-14(19)10-9-11-5-2-1-3-6-11/h1-10H,(H,18,19)(H,20,21). The van der Waals surface area contributed by atoms with Crippen LogP contribution in [0.15, 0.2) is 54.6 Å². The highest BCUT2D eigenvalue weighted by Crippen LogP contribution is 2.24. The number of halogens is 1. The summed E-state index contributed by atoms with van der Waals surface area (Å²) in [6.07, 6.45) is 2.97. The van der Waals surface area contributed by atoms with E-state index < -0.39 is 11.9 Å². The van der Waals surface area contributed by atoms with Crippen molar-refractivity contribution in [1.82, 2.24) is 0 Å². The van der Waals surface area contributed by atoms with Gasteiger partial charge in [0.1, 0.15) is 5.56 Å². The summed E-state index contributed by atoms with van der Waals surface area (Å²) in [6.45, 7) is 0. The van der Waals surface area contributed by atoms with Crippen LogP contribution in [0, 0.1) is 0 Å². The molecule has 0 aromatic heterocycles. The number of carboxylic acid groups (broad SMARTS) is 1. The number of hydrogen-bond acceptors (Lipinski definition) is 2. The summed E-state index contributed by atoms with van der Waals surface area (Å²) < 4.78 is 0. The van der Waals surface area contributed by atoms with Crippen molar-refractivity contribution in [1.29, 1.82) is 0 Å². The Balaban J connectivity index is 2.15. The summed E-state index contributed by atoms with van der Waals surface area (Å²) in [7, 11) is 0. The number of carbonyl (C=O) groups is 2. The highest BCUT2D eigenvalue weighted by Gasteiger charge is 2.15. The molecule has 2 aromatic carbocycles. The third kappa shape index (κ3) is 3.94. The van der Waals surface area contributed by atoms with E-state index >= 15 is 0 Å². The van der Waals surface area contributed by atoms with E-state index in [1.165, 1.54) is 18.2 Å². The minimum Gasteiger partial charge on any atom is -0.478 e. The highest BCUT2D eigenvalue weighted by atomic mass is 35.5. The number of rotatable bonds is 4. The molecule has 21 heavy (non-hydrogen) atoms. The molecule has 4 nitrogen and oxygen atoms in total. The molecule has 5 heteroatoms. The molecule has 0 unspecified atom stereocenters. The van der Waals surface area contributed by atoms with Gasteiger partial charge < -0.3 is 10.4 Å². The fourth-order valence-corrected chi connectivity index (χ4v) is 2.01. The average Bonchev–Trinajstić information content (AvgIpc) is 2.46. The van der Waals surface area contributed by atoms with Gasteiger partial charge in [-0.05, 0) is 23.8 Å². The van der Waals surface area contributed by atoms with Gasteiger partial charge in [-0.1, -0.05) is 48.0 Å². The van der Waals surface area contributed by atoms with Crippen LogP contribution in [0.5, 0.6) is 0 Å². The van der Waals surface area contributed by atoms with Crippen LogP contribution in [-0.2, 0) is 4.79 Å². The number of carbonyl (C=O) groups excluding carboxylic acids is 1. The van der Waals surface area contributed by atoms with Gasteiger partial charge in [-0.25, -0.2) is 4.79 Å². The molecule has 0 saturated heterocycles. The molecule has 0 aliphatic rings. The van der Waals surface area contributed by atoms with Gasteiger partial charge >= 0.3 is 5.97 Å². The van der Waals surface area contributed by atoms with Crippen molar-refractivity contribution < 1.29 is 14.7 Å². The van der Waals surface area contributed by atoms with E-state index in [-0.39, 0.29) is 16.3 Å². The van der Waals surface area contributed by atoms with Crippen molar-refractivity contribution in [3.63, 3.8) is 0 Å². The van der Waals surface area contributed by atoms with E-state index in [0.717, 1.165) is 5.56 Å². The van der Waals surface area contributed by atoms with Crippen LogP contribution in [0.3, 0.4) is 0 Å². The van der Waals surface area contributed by atoms with E-state index in [1.54, 1.807) is 12.1 Å². The van der Waals surface area contributed by atoms with Gasteiger partial charge in [0, 0.05) is 6.08 Å². The molecule has 0 radical (unpaired) electrons. The van der Waals surface area contributed by atoms with Gasteiger partial charge in [-0.3, -0.25) is 4.79 Å². The Morgan fingerprint density at radius 1 is 1.05 bits per heavy atom. The maximum atomic E-state index is 11.8. The molecule has 0 saturated carbocycles. The molecule has 1 amide bonds. The number of amides is 1. The van der Waals surface area contributed by atoms with E-state index in [0.29, 0.717) is 0 Å². The second kappa shape index (κ2) is 6.72. The van der Waals surface area contributed by atoms with Crippen molar-refractivity contribution in [3.05, 3.63) is 70.8 Å². The second-order valence-corrected chi connectivity index (χ2v) is 4.61. The lowest BCUT2D eigenvalue weighted by atomic mass is 10.1. The normalized spacial score (nSPS) is 10.5. The van der Waals surface area contributed by atoms with Crippen molar-refractivity contribution in [3.8, 4) is 0 Å². The van der Waals surface area contributed by atoms with E-state index in [9.17, 15) is 9.59 Å². The van der Waals surface area contributed by atoms with Gasteiger partial charge in [0.15, 0.2) is 0 Å². The first-order chi connectivity index (χ1) is 10.1. The number of benzene rings is 2. The Morgan fingerprint density at radius 3 is 2.43 bits per heavy atom. The first-order valence-corrected chi connectivity index (χ1v) is 6.51. The lowest BCUT2D eigenvalue weighted by molar-refractivity contribution is -0.111. The lowest BCUT2D eigenvalue weighted by Gasteiger charge is -2.07. The summed E-state index contributed by atoms with van der Waals surface area (Å²) in [5.41, 5.74) is 0.913. The molecular weight excluding hydrogens is 290 g/mol. The molecule has 106 valence electrons. The Bertz CT molecular complexity index is 696. The molecule has 0 atom stereocenters. The monoisotopic (exact) mass is 301 g/mol. The zero-order valence-electron chi connectivity index (χ0n) is 10.9. The first kappa shape index (κ1) is 14.8. The number of anilines is 1. The smallest absolute Gasteiger partial charge is 0.339 e. The van der Waals surface area contributed by atoms with Crippen LogP contribution in [0.25, 0.3) is 6.08 Å². The van der Waals surface area contributed by atoms with Crippen molar-refractivity contribution in [2.75, 3.05) is 5.32 Å². The van der Waals surface area contributed by atoms with Gasteiger partial charge in [-0.2, -0.15) is 0 Å². The summed E-state index contributed by atoms with van der Waals surface area (Å²) in [5, 5.41) is 11.7. The van der Waals surface area contributed by atoms with Crippen molar-refractivity contribution in [2.45, 2.75) is 0 Å². The Kier molecular flexibility index (Phi) is 4.74. The van der Waals surface area contributed by atoms with Crippen molar-refractivity contribution >= 4 is 35.2 Å². The molecule has 0 spiro atoms. The van der Waals surface area contributed by atoms with Crippen LogP contribution in [0.4, 0.5) is 5.69 Å². The largest absolute Gasteiger partial charge is 0.478 e. The molecule has 0 fully saturated rings. The Morgan fingerprint density at radius 2 is 1.76 bits per heavy atom. The van der Waals surface area contributed by atoms with Gasteiger partial charge in [0.25, 0.3) is 0 Å². The highest BCUT2D eigenvalue weighted by molar-refractivity contribution is 6.34. The molecule has 2 aromatic rings. The number of carboxylic acids is 1. The summed E-state index contributed by atoms with van der Waals surface area (Å²) in [5.74, 6) is -1.62. The molecule has 0 aliphatic carbocycles. The Hall–Kier alpha value is -2.59. The summed E-state index contributed by atoms with van der Waals surface area (Å²) in [6, 6.07) is 13.8. The van der Waals surface area contributed by atoms with Gasteiger partial charge in [0.05, 0.1) is 10.7 Å². The minimum absolute atomic E-state index is 0.0762. The SMILES string of the molecule is O=C(C=Cc1ccccc1)Nc1cccc(Cl)c1C(=O)O. The van der Waals surface area contributed by atoms with E-state index in [2.05, 4.69) is 5.32 Å². The summed E-state index contributed by atoms with van der Waals surface area (Å²) in [4.78, 5) is 23.0. The molecular formula is C16H12ClNO3. The fourth-order valence-electron chi connectivity index (χ4n) is 1.76. The quantitative estimate of drug-likeness (QED) is 0.846. The predicted octanol–water partition coefficient (Wildman–Crippen LogP) is 3.69. The maximum Gasteiger partial charge on any atom is 0.339 e. The van der Waals surface area contributed by atoms with Gasteiger partial charge in [0.2, 0.25) is 5.91 Å². The van der Waals surface area contributed by atoms with Crippen LogP contribution in [0.2, 0.25) is 5.02 Å². The third-order valence-corrected chi connectivity index (χ3v) is 3.03. The van der Waals surface area contributed by atoms with Crippen LogP contribution in [-0.4, -0.2) is 17.0 Å². The second-order valence-electron chi connectivity index (χ2n) is 4.20. The molecule has 2 rings (SSSR count). The molecule has 0 bridgehead atoms. The van der Waals surface area contributed by atoms with Crippen LogP contribution in [0.1, 0.15) is 15.9 Å². The summed E-state index contributed by atoms with van der Waals surface area (Å²) >= 11 is 5.83. The molecule has 2 N–H and O–H groups in total. The molecule has 0 aliphatic heterocycles. The predicted molar refractivity (Wildman–Crippen MR) is 82.5 cm³/mol. The van der Waals surface area contributed by atoms with Gasteiger partial charge in [-0.15, -0.1) is 0 Å². The first-order valence-electron chi connectivity index (χ1n) is 6.14. The minimum atomic E-state index is -1.19. The number of hydrogen-bond donors (Lipinski definition) is 2. The van der Waals surface area contributed by atoms with Crippen molar-refractivity contribution in [2.24, 2.45) is 0 Å². The Labute approximate surface area is 126 Å². The lowest BCUT2D eigenvalue weighted by Crippen LogP contribution is -2.12. The zero-order chi connectivity index (χ0) is 15.2. The maximum absolute atomic E-state index is 11.8. The fraction of sp³-hybridized carbons (Fsp3) is 0. The van der Waals surface area contributed by atoms with E-state index in [1.807, 2.05) is 30.3 Å². The third-order valence-electron chi connectivity index (χ3n) is 2.71. The van der Waals surface area contributed by atoms with E-state index in [4.69, 9.17) is 16.7 Å². The molecule has 0 heterocycles. The number of nitrogens with one attached hydrogen (secondary N) is 1. The topological polar surface area (TPSA) is 66.4 Å². The zero-order valence-corrected chi connectivity index (χ0v) is 11.7. The average molecular weight is 302 g/mol. The number of aromatic carboxylic acids is 1. The van der Waals surface area contributed by atoms with Crippen LogP contribution >= 0.6 is 11.6 Å².